The molecule has 0 atom stereocenters. The Hall–Kier alpha value is -2.99. The number of allylic oxidation sites excluding steroid dienone is 1. The topological polar surface area (TPSA) is 92.4 Å². The second-order valence-corrected chi connectivity index (χ2v) is 5.60. The van der Waals surface area contributed by atoms with E-state index in [1.165, 1.54) is 12.4 Å². The summed E-state index contributed by atoms with van der Waals surface area (Å²) in [6.07, 6.45) is 2.62. The van der Waals surface area contributed by atoms with Crippen LogP contribution in [0.2, 0.25) is 0 Å². The molecule has 2 aromatic carbocycles. The molecule has 0 aliphatic rings. The van der Waals surface area contributed by atoms with Gasteiger partial charge in [-0.2, -0.15) is 0 Å². The molecule has 0 spiro atoms. The molecule has 0 unspecified atom stereocenters. The second-order valence-electron chi connectivity index (χ2n) is 5.60. The van der Waals surface area contributed by atoms with Crippen molar-refractivity contribution in [3.05, 3.63) is 59.8 Å². The van der Waals surface area contributed by atoms with Crippen molar-refractivity contribution < 1.29 is 9.47 Å². The SMILES string of the molecule is COc1ccccc1CNCCNc1ccc(/C(C=N)=C/N)c(OC)c1. The van der Waals surface area contributed by atoms with E-state index in [-0.39, 0.29) is 0 Å². The maximum absolute atomic E-state index is 7.42. The first-order chi connectivity index (χ1) is 12.7. The minimum absolute atomic E-state index is 0.617. The van der Waals surface area contributed by atoms with Crippen LogP contribution in [0, 0.1) is 5.41 Å². The smallest absolute Gasteiger partial charge is 0.128 e. The molecule has 0 bridgehead atoms. The quantitative estimate of drug-likeness (QED) is 0.389. The van der Waals surface area contributed by atoms with Crippen LogP contribution in [0.15, 0.2) is 48.7 Å². The first-order valence-corrected chi connectivity index (χ1v) is 8.40. The number of para-hydroxylation sites is 1. The van der Waals surface area contributed by atoms with Crippen LogP contribution in [-0.2, 0) is 6.54 Å². The van der Waals surface area contributed by atoms with Gasteiger partial charge in [0.25, 0.3) is 0 Å². The van der Waals surface area contributed by atoms with Gasteiger partial charge in [-0.1, -0.05) is 18.2 Å². The standard InChI is InChI=1S/C20H26N4O2/c1-25-19-6-4-3-5-15(19)14-23-9-10-24-17-7-8-18(16(12-21)13-22)20(11-17)26-2/h3-8,11-13,21,23-24H,9-10,14,22H2,1-2H3/b16-13+,21-12?. The molecule has 0 aromatic heterocycles. The van der Waals surface area contributed by atoms with Crippen molar-refractivity contribution in [2.45, 2.75) is 6.54 Å². The molecule has 0 aliphatic carbocycles. The summed E-state index contributed by atoms with van der Waals surface area (Å²) >= 11 is 0. The minimum Gasteiger partial charge on any atom is -0.496 e. The number of ether oxygens (including phenoxy) is 2. The Morgan fingerprint density at radius 3 is 2.54 bits per heavy atom. The highest BCUT2D eigenvalue weighted by atomic mass is 16.5. The molecule has 0 heterocycles. The summed E-state index contributed by atoms with van der Waals surface area (Å²) < 4.78 is 10.8. The van der Waals surface area contributed by atoms with Crippen molar-refractivity contribution in [1.29, 1.82) is 5.41 Å². The third kappa shape index (κ3) is 5.00. The van der Waals surface area contributed by atoms with Crippen molar-refractivity contribution in [3.63, 3.8) is 0 Å². The Morgan fingerprint density at radius 1 is 1.08 bits per heavy atom. The first-order valence-electron chi connectivity index (χ1n) is 8.40. The van der Waals surface area contributed by atoms with Crippen LogP contribution in [-0.4, -0.2) is 33.5 Å². The van der Waals surface area contributed by atoms with Crippen LogP contribution in [0.25, 0.3) is 5.57 Å². The molecule has 0 saturated carbocycles. The van der Waals surface area contributed by atoms with Crippen LogP contribution < -0.4 is 25.8 Å². The Kier molecular flexibility index (Phi) is 7.51. The van der Waals surface area contributed by atoms with Crippen molar-refractivity contribution in [3.8, 4) is 11.5 Å². The predicted molar refractivity (Wildman–Crippen MR) is 107 cm³/mol. The molecular formula is C20H26N4O2. The average Bonchev–Trinajstić information content (AvgIpc) is 2.69. The molecule has 2 rings (SSSR count). The summed E-state index contributed by atoms with van der Waals surface area (Å²) in [5.41, 5.74) is 9.05. The molecule has 0 amide bonds. The lowest BCUT2D eigenvalue weighted by Gasteiger charge is -2.13. The lowest BCUT2D eigenvalue weighted by atomic mass is 10.1. The summed E-state index contributed by atoms with van der Waals surface area (Å²) in [5, 5.41) is 14.2. The first kappa shape index (κ1) is 19.3. The van der Waals surface area contributed by atoms with Crippen molar-refractivity contribution in [2.75, 3.05) is 32.6 Å². The van der Waals surface area contributed by atoms with Crippen LogP contribution in [0.3, 0.4) is 0 Å². The molecule has 26 heavy (non-hydrogen) atoms. The third-order valence-electron chi connectivity index (χ3n) is 3.99. The summed E-state index contributed by atoms with van der Waals surface area (Å²) in [4.78, 5) is 0. The highest BCUT2D eigenvalue weighted by molar-refractivity contribution is 6.09. The Balaban J connectivity index is 1.87. The third-order valence-corrected chi connectivity index (χ3v) is 3.99. The van der Waals surface area contributed by atoms with Crippen LogP contribution in [0.5, 0.6) is 11.5 Å². The van der Waals surface area contributed by atoms with Gasteiger partial charge in [0.2, 0.25) is 0 Å². The van der Waals surface area contributed by atoms with Crippen molar-refractivity contribution in [1.82, 2.24) is 5.32 Å². The summed E-state index contributed by atoms with van der Waals surface area (Å²) in [6, 6.07) is 13.7. The zero-order valence-electron chi connectivity index (χ0n) is 15.2. The van der Waals surface area contributed by atoms with E-state index < -0.39 is 0 Å². The highest BCUT2D eigenvalue weighted by Gasteiger charge is 2.07. The van der Waals surface area contributed by atoms with Gasteiger partial charge in [-0.25, -0.2) is 0 Å². The molecule has 0 saturated heterocycles. The fourth-order valence-corrected chi connectivity index (χ4v) is 2.62. The van der Waals surface area contributed by atoms with Gasteiger partial charge in [-0.3, -0.25) is 0 Å². The fourth-order valence-electron chi connectivity index (χ4n) is 2.62. The normalized spacial score (nSPS) is 11.1. The Morgan fingerprint density at radius 2 is 1.85 bits per heavy atom. The van der Waals surface area contributed by atoms with E-state index in [9.17, 15) is 0 Å². The molecule has 0 fully saturated rings. The van der Waals surface area contributed by atoms with E-state index in [0.717, 1.165) is 42.2 Å². The van der Waals surface area contributed by atoms with E-state index in [1.807, 2.05) is 36.4 Å². The molecule has 138 valence electrons. The van der Waals surface area contributed by atoms with Crippen LogP contribution in [0.1, 0.15) is 11.1 Å². The van der Waals surface area contributed by atoms with E-state index in [4.69, 9.17) is 20.6 Å². The number of nitrogens with two attached hydrogens (primary N) is 1. The second kappa shape index (κ2) is 10.1. The summed E-state index contributed by atoms with van der Waals surface area (Å²) in [5.74, 6) is 1.57. The molecule has 6 nitrogen and oxygen atoms in total. The molecule has 6 heteroatoms. The number of rotatable bonds is 10. The van der Waals surface area contributed by atoms with Gasteiger partial charge < -0.3 is 31.3 Å². The van der Waals surface area contributed by atoms with Crippen molar-refractivity contribution in [2.24, 2.45) is 5.73 Å². The van der Waals surface area contributed by atoms with Crippen LogP contribution in [0.4, 0.5) is 5.69 Å². The highest BCUT2D eigenvalue weighted by Crippen LogP contribution is 2.27. The van der Waals surface area contributed by atoms with Gasteiger partial charge in [0.1, 0.15) is 11.5 Å². The lowest BCUT2D eigenvalue weighted by Crippen LogP contribution is -2.22. The molecular weight excluding hydrogens is 328 g/mol. The van der Waals surface area contributed by atoms with Gasteiger partial charge in [0.15, 0.2) is 0 Å². The Bertz CT molecular complexity index is 759. The van der Waals surface area contributed by atoms with E-state index in [0.29, 0.717) is 11.3 Å². The van der Waals surface area contributed by atoms with E-state index in [1.54, 1.807) is 14.2 Å². The largest absolute Gasteiger partial charge is 0.496 e. The molecule has 0 radical (unpaired) electrons. The van der Waals surface area contributed by atoms with Gasteiger partial charge in [0, 0.05) is 60.5 Å². The number of methoxy groups -OCH3 is 2. The monoisotopic (exact) mass is 354 g/mol. The van der Waals surface area contributed by atoms with Crippen LogP contribution >= 0.6 is 0 Å². The summed E-state index contributed by atoms with van der Waals surface area (Å²) in [7, 11) is 3.29. The maximum atomic E-state index is 7.42. The predicted octanol–water partition coefficient (Wildman–Crippen LogP) is 2.85. The maximum Gasteiger partial charge on any atom is 0.128 e. The molecule has 5 N–H and O–H groups in total. The lowest BCUT2D eigenvalue weighted by molar-refractivity contribution is 0.408. The number of hydrogen-bond acceptors (Lipinski definition) is 6. The van der Waals surface area contributed by atoms with E-state index in [2.05, 4.69) is 16.7 Å². The van der Waals surface area contributed by atoms with E-state index >= 15 is 0 Å². The number of hydrogen-bond donors (Lipinski definition) is 4. The molecule has 2 aromatic rings. The van der Waals surface area contributed by atoms with Crippen molar-refractivity contribution >= 4 is 17.5 Å². The zero-order chi connectivity index (χ0) is 18.8. The van der Waals surface area contributed by atoms with Gasteiger partial charge >= 0.3 is 0 Å². The van der Waals surface area contributed by atoms with Gasteiger partial charge in [0.05, 0.1) is 14.2 Å². The fraction of sp³-hybridized carbons (Fsp3) is 0.250. The number of anilines is 1. The number of benzene rings is 2. The number of nitrogens with one attached hydrogen (secondary N) is 3. The Labute approximate surface area is 154 Å². The average molecular weight is 354 g/mol. The van der Waals surface area contributed by atoms with Gasteiger partial charge in [-0.15, -0.1) is 0 Å². The zero-order valence-corrected chi connectivity index (χ0v) is 15.2. The minimum atomic E-state index is 0.617. The molecule has 0 aliphatic heterocycles. The van der Waals surface area contributed by atoms with Gasteiger partial charge in [-0.05, 0) is 18.2 Å². The summed E-state index contributed by atoms with van der Waals surface area (Å²) in [6.45, 7) is 2.32.